The lowest BCUT2D eigenvalue weighted by Gasteiger charge is -1.95. The lowest BCUT2D eigenvalue weighted by Crippen LogP contribution is -1.95. The molecular weight excluding hydrogens is 184 g/mol. The molecule has 0 aliphatic carbocycles. The zero-order valence-electron chi connectivity index (χ0n) is 7.18. The zero-order chi connectivity index (χ0) is 9.68. The van der Waals surface area contributed by atoms with Crippen molar-refractivity contribution in [2.45, 2.75) is 6.42 Å². The number of nitrogen functional groups attached to an aromatic ring is 1. The van der Waals surface area contributed by atoms with Crippen molar-refractivity contribution in [3.8, 4) is 11.8 Å². The molecule has 68 valence electrons. The molecule has 1 aromatic rings. The van der Waals surface area contributed by atoms with E-state index in [1.807, 2.05) is 0 Å². The Balaban J connectivity index is 2.85. The molecule has 13 heavy (non-hydrogen) atoms. The summed E-state index contributed by atoms with van der Waals surface area (Å²) in [5.41, 5.74) is 12.3. The molecule has 0 saturated carbocycles. The maximum Gasteiger partial charge on any atom is 0.0438 e. The van der Waals surface area contributed by atoms with Crippen LogP contribution in [0.2, 0.25) is 5.02 Å². The molecule has 3 heteroatoms. The molecule has 0 heterocycles. The number of rotatable bonds is 1. The second kappa shape index (κ2) is 4.76. The summed E-state index contributed by atoms with van der Waals surface area (Å²) in [6.07, 6.45) is 0.687. The molecule has 0 spiro atoms. The summed E-state index contributed by atoms with van der Waals surface area (Å²) in [6.45, 7) is 0.572. The van der Waals surface area contributed by atoms with Crippen LogP contribution in [0, 0.1) is 11.8 Å². The van der Waals surface area contributed by atoms with Crippen LogP contribution in [-0.4, -0.2) is 6.54 Å². The number of benzene rings is 1. The van der Waals surface area contributed by atoms with Crippen molar-refractivity contribution in [1.82, 2.24) is 0 Å². The highest BCUT2D eigenvalue weighted by Gasteiger charge is 1.92. The van der Waals surface area contributed by atoms with E-state index >= 15 is 0 Å². The monoisotopic (exact) mass is 194 g/mol. The van der Waals surface area contributed by atoms with Gasteiger partial charge in [-0.2, -0.15) is 0 Å². The van der Waals surface area contributed by atoms with Gasteiger partial charge in [0.15, 0.2) is 0 Å². The second-order valence-corrected chi connectivity index (χ2v) is 3.05. The Hall–Kier alpha value is -1.17. The SMILES string of the molecule is NCCC#Cc1cc(N)cc(Cl)c1. The van der Waals surface area contributed by atoms with E-state index in [0.717, 1.165) is 5.56 Å². The summed E-state index contributed by atoms with van der Waals surface area (Å²) in [5.74, 6) is 5.85. The topological polar surface area (TPSA) is 52.0 Å². The highest BCUT2D eigenvalue weighted by Crippen LogP contribution is 2.15. The number of halogens is 1. The summed E-state index contributed by atoms with van der Waals surface area (Å²) in [4.78, 5) is 0. The van der Waals surface area contributed by atoms with Gasteiger partial charge in [-0.25, -0.2) is 0 Å². The molecule has 0 aromatic heterocycles. The van der Waals surface area contributed by atoms with Gasteiger partial charge in [0.05, 0.1) is 0 Å². The van der Waals surface area contributed by atoms with E-state index in [9.17, 15) is 0 Å². The first-order chi connectivity index (χ1) is 6.22. The van der Waals surface area contributed by atoms with Crippen LogP contribution in [-0.2, 0) is 0 Å². The van der Waals surface area contributed by atoms with Crippen molar-refractivity contribution >= 4 is 17.3 Å². The van der Waals surface area contributed by atoms with E-state index in [-0.39, 0.29) is 0 Å². The van der Waals surface area contributed by atoms with Crippen molar-refractivity contribution in [1.29, 1.82) is 0 Å². The fraction of sp³-hybridized carbons (Fsp3) is 0.200. The highest BCUT2D eigenvalue weighted by molar-refractivity contribution is 6.30. The Morgan fingerprint density at radius 1 is 1.31 bits per heavy atom. The molecule has 0 aliphatic heterocycles. The van der Waals surface area contributed by atoms with Crippen molar-refractivity contribution in [3.05, 3.63) is 28.8 Å². The van der Waals surface area contributed by atoms with Crippen LogP contribution in [0.5, 0.6) is 0 Å². The minimum absolute atomic E-state index is 0.572. The number of hydrogen-bond acceptors (Lipinski definition) is 2. The summed E-state index contributed by atoms with van der Waals surface area (Å²) >= 11 is 5.79. The Kier molecular flexibility index (Phi) is 3.63. The van der Waals surface area contributed by atoms with Gasteiger partial charge in [-0.1, -0.05) is 23.4 Å². The van der Waals surface area contributed by atoms with Crippen molar-refractivity contribution in [2.24, 2.45) is 5.73 Å². The van der Waals surface area contributed by atoms with Gasteiger partial charge >= 0.3 is 0 Å². The van der Waals surface area contributed by atoms with Gasteiger partial charge in [-0.3, -0.25) is 0 Å². The third kappa shape index (κ3) is 3.37. The maximum absolute atomic E-state index is 5.79. The molecule has 1 aromatic carbocycles. The molecule has 0 bridgehead atoms. The van der Waals surface area contributed by atoms with E-state index < -0.39 is 0 Å². The van der Waals surface area contributed by atoms with Crippen molar-refractivity contribution in [3.63, 3.8) is 0 Å². The molecule has 0 unspecified atom stereocenters. The molecule has 0 radical (unpaired) electrons. The highest BCUT2D eigenvalue weighted by atomic mass is 35.5. The van der Waals surface area contributed by atoms with Gasteiger partial charge in [0.2, 0.25) is 0 Å². The fourth-order valence-electron chi connectivity index (χ4n) is 0.921. The van der Waals surface area contributed by atoms with Crippen molar-refractivity contribution < 1.29 is 0 Å². The lowest BCUT2D eigenvalue weighted by molar-refractivity contribution is 1.03. The van der Waals surface area contributed by atoms with Gasteiger partial charge in [0.1, 0.15) is 0 Å². The van der Waals surface area contributed by atoms with E-state index in [0.29, 0.717) is 23.7 Å². The summed E-state index contributed by atoms with van der Waals surface area (Å²) in [5, 5.41) is 0.608. The largest absolute Gasteiger partial charge is 0.399 e. The summed E-state index contributed by atoms with van der Waals surface area (Å²) in [7, 11) is 0. The minimum atomic E-state index is 0.572. The van der Waals surface area contributed by atoms with Crippen LogP contribution in [0.3, 0.4) is 0 Å². The molecule has 0 fully saturated rings. The van der Waals surface area contributed by atoms with Gasteiger partial charge in [0, 0.05) is 29.2 Å². The van der Waals surface area contributed by atoms with E-state index in [1.165, 1.54) is 0 Å². The first kappa shape index (κ1) is 9.91. The van der Waals surface area contributed by atoms with Crippen LogP contribution >= 0.6 is 11.6 Å². The lowest BCUT2D eigenvalue weighted by atomic mass is 10.2. The molecule has 1 rings (SSSR count). The Morgan fingerprint density at radius 2 is 2.08 bits per heavy atom. The third-order valence-corrected chi connectivity index (χ3v) is 1.64. The predicted octanol–water partition coefficient (Wildman–Crippen LogP) is 1.62. The Morgan fingerprint density at radius 3 is 2.69 bits per heavy atom. The number of hydrogen-bond donors (Lipinski definition) is 2. The molecule has 2 nitrogen and oxygen atoms in total. The molecule has 0 aliphatic rings. The van der Waals surface area contributed by atoms with Crippen molar-refractivity contribution in [2.75, 3.05) is 12.3 Å². The fourth-order valence-corrected chi connectivity index (χ4v) is 1.16. The molecule has 0 atom stereocenters. The van der Waals surface area contributed by atoms with Crippen LogP contribution in [0.4, 0.5) is 5.69 Å². The molecule has 0 saturated heterocycles. The Labute approximate surface area is 82.9 Å². The van der Waals surface area contributed by atoms with Gasteiger partial charge in [-0.05, 0) is 18.2 Å². The minimum Gasteiger partial charge on any atom is -0.399 e. The first-order valence-corrected chi connectivity index (χ1v) is 4.35. The average molecular weight is 195 g/mol. The van der Waals surface area contributed by atoms with Crippen LogP contribution in [0.25, 0.3) is 0 Å². The molecule has 0 amide bonds. The summed E-state index contributed by atoms with van der Waals surface area (Å²) < 4.78 is 0. The maximum atomic E-state index is 5.79. The summed E-state index contributed by atoms with van der Waals surface area (Å²) in [6, 6.07) is 5.26. The van der Waals surface area contributed by atoms with Gasteiger partial charge in [-0.15, -0.1) is 0 Å². The third-order valence-electron chi connectivity index (χ3n) is 1.42. The van der Waals surface area contributed by atoms with Crippen LogP contribution in [0.1, 0.15) is 12.0 Å². The smallest absolute Gasteiger partial charge is 0.0438 e. The van der Waals surface area contributed by atoms with Crippen LogP contribution < -0.4 is 11.5 Å². The number of nitrogens with two attached hydrogens (primary N) is 2. The Bertz CT molecular complexity index is 329. The molecule has 4 N–H and O–H groups in total. The van der Waals surface area contributed by atoms with E-state index in [4.69, 9.17) is 23.1 Å². The van der Waals surface area contributed by atoms with Crippen LogP contribution in [0.15, 0.2) is 18.2 Å². The standard InChI is InChI=1S/C10H11ClN2/c11-9-5-8(3-1-2-4-12)6-10(13)7-9/h5-7H,2,4,12-13H2. The zero-order valence-corrected chi connectivity index (χ0v) is 7.93. The van der Waals surface area contributed by atoms with E-state index in [1.54, 1.807) is 18.2 Å². The number of anilines is 1. The predicted molar refractivity (Wildman–Crippen MR) is 56.4 cm³/mol. The average Bonchev–Trinajstić information content (AvgIpc) is 2.03. The second-order valence-electron chi connectivity index (χ2n) is 2.61. The quantitative estimate of drug-likeness (QED) is 0.527. The first-order valence-electron chi connectivity index (χ1n) is 3.97. The molecular formula is C10H11ClN2. The normalized spacial score (nSPS) is 9.08. The van der Waals surface area contributed by atoms with E-state index in [2.05, 4.69) is 11.8 Å². The van der Waals surface area contributed by atoms with Gasteiger partial charge < -0.3 is 11.5 Å². The van der Waals surface area contributed by atoms with Gasteiger partial charge in [0.25, 0.3) is 0 Å².